The average Bonchev–Trinajstić information content (AvgIpc) is 3.26. The van der Waals surface area contributed by atoms with Gasteiger partial charge in [0.15, 0.2) is 5.96 Å². The van der Waals surface area contributed by atoms with Gasteiger partial charge in [-0.2, -0.15) is 0 Å². The van der Waals surface area contributed by atoms with E-state index < -0.39 is 0 Å². The molecule has 2 rings (SSSR count). The summed E-state index contributed by atoms with van der Waals surface area (Å²) >= 11 is 1.38. The smallest absolute Gasteiger partial charge is 0.350 e. The van der Waals surface area contributed by atoms with Crippen LogP contribution in [0.2, 0.25) is 0 Å². The predicted molar refractivity (Wildman–Crippen MR) is 126 cm³/mol. The number of aliphatic imine (C=N–C) groups is 1. The minimum atomic E-state index is -0.299. The van der Waals surface area contributed by atoms with Gasteiger partial charge < -0.3 is 15.4 Å². The molecular formula is C19H34IN5O2S. The van der Waals surface area contributed by atoms with Crippen LogP contribution >= 0.6 is 35.3 Å². The highest BCUT2D eigenvalue weighted by Crippen LogP contribution is 2.24. The van der Waals surface area contributed by atoms with Gasteiger partial charge in [0.1, 0.15) is 9.88 Å². The topological polar surface area (TPSA) is 78.9 Å². The van der Waals surface area contributed by atoms with Gasteiger partial charge in [-0.05, 0) is 53.6 Å². The van der Waals surface area contributed by atoms with E-state index in [9.17, 15) is 4.79 Å². The summed E-state index contributed by atoms with van der Waals surface area (Å²) in [6, 6.07) is 0.485. The fourth-order valence-corrected chi connectivity index (χ4v) is 4.25. The molecule has 0 radical (unpaired) electrons. The second kappa shape index (κ2) is 12.6. The molecule has 7 nitrogen and oxygen atoms in total. The van der Waals surface area contributed by atoms with Crippen molar-refractivity contribution in [2.75, 3.05) is 32.8 Å². The normalized spacial score (nSPS) is 18.5. The number of nitrogens with zero attached hydrogens (tertiary/aromatic N) is 3. The maximum Gasteiger partial charge on any atom is 0.350 e. The molecule has 1 aliphatic heterocycles. The summed E-state index contributed by atoms with van der Waals surface area (Å²) in [5, 5.41) is 7.59. The van der Waals surface area contributed by atoms with E-state index in [1.807, 2.05) is 20.8 Å². The Kier molecular flexibility index (Phi) is 11.3. The number of thiazole rings is 1. The average molecular weight is 523 g/mol. The van der Waals surface area contributed by atoms with E-state index in [1.165, 1.54) is 30.7 Å². The first-order valence-corrected chi connectivity index (χ1v) is 10.7. The Bertz CT molecular complexity index is 652. The first-order valence-electron chi connectivity index (χ1n) is 9.93. The third-order valence-electron chi connectivity index (χ3n) is 4.71. The molecule has 2 unspecified atom stereocenters. The number of rotatable bonds is 8. The zero-order valence-corrected chi connectivity index (χ0v) is 20.7. The van der Waals surface area contributed by atoms with Gasteiger partial charge in [0, 0.05) is 12.6 Å². The molecule has 0 bridgehead atoms. The first-order chi connectivity index (χ1) is 13.0. The lowest BCUT2D eigenvalue weighted by Crippen LogP contribution is -2.40. The molecule has 2 heterocycles. The molecule has 1 aromatic rings. The van der Waals surface area contributed by atoms with Crippen molar-refractivity contribution in [2.24, 2.45) is 4.99 Å². The second-order valence-electron chi connectivity index (χ2n) is 6.70. The van der Waals surface area contributed by atoms with E-state index in [4.69, 9.17) is 9.73 Å². The number of likely N-dealkylation sites (tertiary alicyclic amines) is 1. The molecule has 0 amide bonds. The van der Waals surface area contributed by atoms with Crippen molar-refractivity contribution in [3.8, 4) is 0 Å². The third kappa shape index (κ3) is 6.84. The van der Waals surface area contributed by atoms with E-state index in [-0.39, 0.29) is 36.0 Å². The standard InChI is InChI=1S/C19H33N5O2S.HI/c1-6-20-19(21-12-15-10-9-11-24(15)7-2)23-14(5)17-22-13(4)16(27-17)18(25)26-8-3;/h14-15H,6-12H2,1-5H3,(H2,20,21,23);1H. The van der Waals surface area contributed by atoms with E-state index in [1.54, 1.807) is 0 Å². The van der Waals surface area contributed by atoms with Crippen molar-refractivity contribution in [1.29, 1.82) is 0 Å². The second-order valence-corrected chi connectivity index (χ2v) is 7.73. The molecule has 2 N–H and O–H groups in total. The molecule has 1 fully saturated rings. The Morgan fingerprint density at radius 2 is 2.18 bits per heavy atom. The number of carbonyl (C=O) groups excluding carboxylic acids is 1. The van der Waals surface area contributed by atoms with Crippen LogP contribution in [0.25, 0.3) is 0 Å². The molecule has 1 saturated heterocycles. The summed E-state index contributed by atoms with van der Waals surface area (Å²) in [6.07, 6.45) is 2.46. The molecule has 0 spiro atoms. The Labute approximate surface area is 189 Å². The van der Waals surface area contributed by atoms with E-state index in [2.05, 4.69) is 34.4 Å². The first kappa shape index (κ1) is 25.1. The molecule has 2 atom stereocenters. The fourth-order valence-electron chi connectivity index (χ4n) is 3.29. The van der Waals surface area contributed by atoms with Crippen LogP contribution in [0.4, 0.5) is 0 Å². The van der Waals surface area contributed by atoms with Crippen LogP contribution in [0.1, 0.15) is 67.0 Å². The lowest BCUT2D eigenvalue weighted by Gasteiger charge is -2.22. The number of ether oxygens (including phenoxy) is 1. The lowest BCUT2D eigenvalue weighted by molar-refractivity contribution is 0.0531. The number of guanidine groups is 1. The Hall–Kier alpha value is -0.940. The molecule has 0 aliphatic carbocycles. The zero-order valence-electron chi connectivity index (χ0n) is 17.6. The number of esters is 1. The minimum Gasteiger partial charge on any atom is -0.462 e. The van der Waals surface area contributed by atoms with Crippen LogP contribution in [0.15, 0.2) is 4.99 Å². The van der Waals surface area contributed by atoms with Gasteiger partial charge in [0.25, 0.3) is 0 Å². The van der Waals surface area contributed by atoms with E-state index in [0.29, 0.717) is 23.2 Å². The SMILES string of the molecule is CCNC(=NCC1CCCN1CC)NC(C)c1nc(C)c(C(=O)OCC)s1.I. The molecule has 1 aliphatic rings. The van der Waals surface area contributed by atoms with Crippen molar-refractivity contribution in [1.82, 2.24) is 20.5 Å². The highest BCUT2D eigenvalue weighted by molar-refractivity contribution is 14.0. The summed E-state index contributed by atoms with van der Waals surface area (Å²) < 4.78 is 5.11. The molecule has 1 aromatic heterocycles. The van der Waals surface area contributed by atoms with E-state index >= 15 is 0 Å². The van der Waals surface area contributed by atoms with E-state index in [0.717, 1.165) is 30.6 Å². The van der Waals surface area contributed by atoms with Crippen molar-refractivity contribution in [3.63, 3.8) is 0 Å². The summed E-state index contributed by atoms with van der Waals surface area (Å²) in [6.45, 7) is 14.2. The number of hydrogen-bond donors (Lipinski definition) is 2. The lowest BCUT2D eigenvalue weighted by atomic mass is 10.2. The minimum absolute atomic E-state index is 0. The molecule has 28 heavy (non-hydrogen) atoms. The monoisotopic (exact) mass is 523 g/mol. The van der Waals surface area contributed by atoms with Crippen LogP contribution in [0, 0.1) is 6.92 Å². The van der Waals surface area contributed by atoms with Crippen LogP contribution in [0.5, 0.6) is 0 Å². The molecular weight excluding hydrogens is 489 g/mol. The maximum atomic E-state index is 12.0. The Morgan fingerprint density at radius 3 is 2.82 bits per heavy atom. The van der Waals surface area contributed by atoms with Gasteiger partial charge in [0.05, 0.1) is 24.9 Å². The summed E-state index contributed by atoms with van der Waals surface area (Å²) in [5.41, 5.74) is 0.716. The number of hydrogen-bond acceptors (Lipinski definition) is 6. The molecule has 0 aromatic carbocycles. The zero-order chi connectivity index (χ0) is 19.8. The summed E-state index contributed by atoms with van der Waals surface area (Å²) in [5.74, 6) is 0.492. The van der Waals surface area contributed by atoms with Crippen LogP contribution in [-0.2, 0) is 4.74 Å². The predicted octanol–water partition coefficient (Wildman–Crippen LogP) is 3.35. The number of halogens is 1. The van der Waals surface area contributed by atoms with Crippen molar-refractivity contribution in [2.45, 2.75) is 59.5 Å². The Balaban J connectivity index is 0.00000392. The van der Waals surface area contributed by atoms with Gasteiger partial charge in [-0.15, -0.1) is 35.3 Å². The van der Waals surface area contributed by atoms with Gasteiger partial charge in [0.2, 0.25) is 0 Å². The van der Waals surface area contributed by atoms with Crippen molar-refractivity contribution < 1.29 is 9.53 Å². The molecule has 160 valence electrons. The van der Waals surface area contributed by atoms with Gasteiger partial charge in [-0.3, -0.25) is 9.89 Å². The number of likely N-dealkylation sites (N-methyl/N-ethyl adjacent to an activating group) is 1. The van der Waals surface area contributed by atoms with Crippen molar-refractivity contribution >= 4 is 47.2 Å². The number of aromatic nitrogens is 1. The number of aryl methyl sites for hydroxylation is 1. The quantitative estimate of drug-likeness (QED) is 0.236. The summed E-state index contributed by atoms with van der Waals surface area (Å²) in [7, 11) is 0. The van der Waals surface area contributed by atoms with Crippen LogP contribution < -0.4 is 10.6 Å². The van der Waals surface area contributed by atoms with Gasteiger partial charge >= 0.3 is 5.97 Å². The Morgan fingerprint density at radius 1 is 1.43 bits per heavy atom. The molecule has 9 heteroatoms. The largest absolute Gasteiger partial charge is 0.462 e. The van der Waals surface area contributed by atoms with Crippen LogP contribution in [-0.4, -0.2) is 60.6 Å². The fraction of sp³-hybridized carbons (Fsp3) is 0.737. The third-order valence-corrected chi connectivity index (χ3v) is 6.03. The highest BCUT2D eigenvalue weighted by Gasteiger charge is 2.23. The van der Waals surface area contributed by atoms with Gasteiger partial charge in [-0.25, -0.2) is 9.78 Å². The maximum absolute atomic E-state index is 12.0. The summed E-state index contributed by atoms with van der Waals surface area (Å²) in [4.78, 5) is 24.4. The highest BCUT2D eigenvalue weighted by atomic mass is 127. The number of carbonyl (C=O) groups is 1. The van der Waals surface area contributed by atoms with Gasteiger partial charge in [-0.1, -0.05) is 6.92 Å². The molecule has 0 saturated carbocycles. The number of nitrogens with one attached hydrogen (secondary N) is 2. The van der Waals surface area contributed by atoms with Crippen molar-refractivity contribution in [3.05, 3.63) is 15.6 Å². The van der Waals surface area contributed by atoms with Crippen LogP contribution in [0.3, 0.4) is 0 Å².